The Kier molecular flexibility index (Phi) is 4.60. The maximum atomic E-state index is 12.1. The van der Waals surface area contributed by atoms with Crippen LogP contribution in [0.25, 0.3) is 0 Å². The minimum absolute atomic E-state index is 0.00984. The van der Waals surface area contributed by atoms with Gasteiger partial charge in [0.1, 0.15) is 0 Å². The van der Waals surface area contributed by atoms with E-state index in [1.54, 1.807) is 7.11 Å². The van der Waals surface area contributed by atoms with Crippen molar-refractivity contribution in [3.05, 3.63) is 23.9 Å². The second-order valence-electron chi connectivity index (χ2n) is 5.26. The fraction of sp³-hybridized carbons (Fsp3) is 0.538. The number of hydrogen-bond acceptors (Lipinski definition) is 5. The van der Waals surface area contributed by atoms with Gasteiger partial charge in [0.05, 0.1) is 5.56 Å². The van der Waals surface area contributed by atoms with Crippen LogP contribution in [0.4, 0.5) is 0 Å². The minimum atomic E-state index is -3.72. The first-order chi connectivity index (χ1) is 9.88. The van der Waals surface area contributed by atoms with E-state index in [-0.39, 0.29) is 16.0 Å². The molecule has 8 heteroatoms. The van der Waals surface area contributed by atoms with Crippen molar-refractivity contribution in [2.24, 2.45) is 5.41 Å². The monoisotopic (exact) mass is 314 g/mol. The summed E-state index contributed by atoms with van der Waals surface area (Å²) >= 11 is 0. The summed E-state index contributed by atoms with van der Waals surface area (Å²) in [5, 5.41) is 8.59. The molecule has 0 amide bonds. The lowest BCUT2D eigenvalue weighted by Crippen LogP contribution is -2.31. The Labute approximate surface area is 123 Å². The van der Waals surface area contributed by atoms with Crippen molar-refractivity contribution >= 4 is 16.0 Å². The topological polar surface area (TPSA) is 106 Å². The lowest BCUT2D eigenvalue weighted by atomic mass is 10.0. The van der Waals surface area contributed by atoms with E-state index in [9.17, 15) is 13.2 Å². The van der Waals surface area contributed by atoms with Gasteiger partial charge in [-0.05, 0) is 36.8 Å². The molecule has 2 rings (SSSR count). The maximum absolute atomic E-state index is 12.1. The molecule has 0 saturated heterocycles. The van der Waals surface area contributed by atoms with Crippen molar-refractivity contribution in [2.45, 2.75) is 24.3 Å². The van der Waals surface area contributed by atoms with Gasteiger partial charge in [-0.1, -0.05) is 0 Å². The molecule has 1 aromatic heterocycles. The molecule has 2 N–H and O–H groups in total. The van der Waals surface area contributed by atoms with Crippen LogP contribution in [0.5, 0.6) is 0 Å². The second-order valence-corrected chi connectivity index (χ2v) is 6.97. The van der Waals surface area contributed by atoms with Crippen LogP contribution in [-0.4, -0.2) is 44.7 Å². The van der Waals surface area contributed by atoms with Gasteiger partial charge in [-0.2, -0.15) is 0 Å². The lowest BCUT2D eigenvalue weighted by molar-refractivity contribution is 0.0696. The molecule has 0 spiro atoms. The van der Waals surface area contributed by atoms with Crippen LogP contribution in [0.3, 0.4) is 0 Å². The van der Waals surface area contributed by atoms with Gasteiger partial charge in [-0.25, -0.2) is 22.9 Å². The molecule has 1 aliphatic rings. The van der Waals surface area contributed by atoms with E-state index < -0.39 is 16.0 Å². The van der Waals surface area contributed by atoms with Gasteiger partial charge < -0.3 is 9.84 Å². The number of rotatable bonds is 8. The van der Waals surface area contributed by atoms with Gasteiger partial charge in [0.15, 0.2) is 5.03 Å². The van der Waals surface area contributed by atoms with E-state index >= 15 is 0 Å². The average molecular weight is 314 g/mol. The SMILES string of the molecule is COCCC1(CNS(=O)(=O)c2ccc(C(=O)O)cn2)CC1. The predicted molar refractivity (Wildman–Crippen MR) is 74.5 cm³/mol. The number of carboxylic acids is 1. The Morgan fingerprint density at radius 1 is 1.48 bits per heavy atom. The van der Waals surface area contributed by atoms with Crippen molar-refractivity contribution in [2.75, 3.05) is 20.3 Å². The molecule has 0 unspecified atom stereocenters. The number of hydrogen-bond donors (Lipinski definition) is 2. The third kappa shape index (κ3) is 3.99. The second kappa shape index (κ2) is 6.08. The number of aromatic carboxylic acids is 1. The number of methoxy groups -OCH3 is 1. The van der Waals surface area contributed by atoms with Crippen molar-refractivity contribution in [1.29, 1.82) is 0 Å². The third-order valence-electron chi connectivity index (χ3n) is 3.69. The normalized spacial score (nSPS) is 16.6. The smallest absolute Gasteiger partial charge is 0.337 e. The van der Waals surface area contributed by atoms with Crippen molar-refractivity contribution in [3.63, 3.8) is 0 Å². The first-order valence-corrected chi connectivity index (χ1v) is 8.05. The van der Waals surface area contributed by atoms with E-state index in [4.69, 9.17) is 9.84 Å². The van der Waals surface area contributed by atoms with Crippen LogP contribution >= 0.6 is 0 Å². The summed E-state index contributed by atoms with van der Waals surface area (Å²) in [4.78, 5) is 14.4. The molecular weight excluding hydrogens is 296 g/mol. The molecule has 1 fully saturated rings. The summed E-state index contributed by atoms with van der Waals surface area (Å²) in [6.45, 7) is 0.953. The van der Waals surface area contributed by atoms with E-state index in [1.165, 1.54) is 12.1 Å². The van der Waals surface area contributed by atoms with Crippen molar-refractivity contribution in [1.82, 2.24) is 9.71 Å². The molecule has 1 saturated carbocycles. The van der Waals surface area contributed by atoms with Crippen LogP contribution in [0, 0.1) is 5.41 Å². The van der Waals surface area contributed by atoms with Gasteiger partial charge in [0.25, 0.3) is 10.0 Å². The van der Waals surface area contributed by atoms with Crippen molar-refractivity contribution in [3.8, 4) is 0 Å². The zero-order valence-electron chi connectivity index (χ0n) is 11.7. The van der Waals surface area contributed by atoms with E-state index in [0.717, 1.165) is 25.5 Å². The number of ether oxygens (including phenoxy) is 1. The first kappa shape index (κ1) is 15.9. The molecular formula is C13H18N2O5S. The lowest BCUT2D eigenvalue weighted by Gasteiger charge is -2.15. The van der Waals surface area contributed by atoms with Crippen LogP contribution in [0.2, 0.25) is 0 Å². The fourth-order valence-electron chi connectivity index (χ4n) is 2.00. The number of carbonyl (C=O) groups is 1. The number of nitrogens with one attached hydrogen (secondary N) is 1. The molecule has 1 aliphatic carbocycles. The minimum Gasteiger partial charge on any atom is -0.478 e. The summed E-state index contributed by atoms with van der Waals surface area (Å²) < 4.78 is 31.8. The molecule has 7 nitrogen and oxygen atoms in total. The molecule has 0 aromatic carbocycles. The highest BCUT2D eigenvalue weighted by molar-refractivity contribution is 7.89. The summed E-state index contributed by atoms with van der Waals surface area (Å²) in [5.74, 6) is -1.14. The van der Waals surface area contributed by atoms with Gasteiger partial charge >= 0.3 is 5.97 Å². The number of aromatic nitrogens is 1. The Hall–Kier alpha value is -1.51. The molecule has 21 heavy (non-hydrogen) atoms. The van der Waals surface area contributed by atoms with E-state index in [0.29, 0.717) is 13.2 Å². The highest BCUT2D eigenvalue weighted by Crippen LogP contribution is 2.48. The molecule has 1 heterocycles. The molecule has 0 bridgehead atoms. The van der Waals surface area contributed by atoms with Gasteiger partial charge in [-0.3, -0.25) is 0 Å². The van der Waals surface area contributed by atoms with Gasteiger partial charge in [0, 0.05) is 26.5 Å². The van der Waals surface area contributed by atoms with Gasteiger partial charge in [-0.15, -0.1) is 0 Å². The number of pyridine rings is 1. The molecule has 0 aliphatic heterocycles. The zero-order valence-corrected chi connectivity index (χ0v) is 12.5. The summed E-state index contributed by atoms with van der Waals surface area (Å²) in [5.41, 5.74) is -0.0583. The van der Waals surface area contributed by atoms with E-state index in [2.05, 4.69) is 9.71 Å². The third-order valence-corrected chi connectivity index (χ3v) is 5.01. The van der Waals surface area contributed by atoms with Crippen LogP contribution in [0.15, 0.2) is 23.4 Å². The Bertz CT molecular complexity index is 608. The number of carboxylic acid groups (broad SMARTS) is 1. The average Bonchev–Trinajstić information content (AvgIpc) is 3.24. The van der Waals surface area contributed by atoms with Crippen LogP contribution in [0.1, 0.15) is 29.6 Å². The summed E-state index contributed by atoms with van der Waals surface area (Å²) in [6.07, 6.45) is 3.81. The fourth-order valence-corrected chi connectivity index (χ4v) is 3.08. The summed E-state index contributed by atoms with van der Waals surface area (Å²) in [6, 6.07) is 2.42. The predicted octanol–water partition coefficient (Wildman–Crippen LogP) is 0.875. The quantitative estimate of drug-likeness (QED) is 0.737. The molecule has 116 valence electrons. The Morgan fingerprint density at radius 2 is 2.19 bits per heavy atom. The maximum Gasteiger partial charge on any atom is 0.337 e. The number of nitrogens with zero attached hydrogens (tertiary/aromatic N) is 1. The van der Waals surface area contributed by atoms with Gasteiger partial charge in [0.2, 0.25) is 0 Å². The van der Waals surface area contributed by atoms with Crippen LogP contribution in [-0.2, 0) is 14.8 Å². The van der Waals surface area contributed by atoms with Crippen molar-refractivity contribution < 1.29 is 23.1 Å². The Morgan fingerprint density at radius 3 is 2.67 bits per heavy atom. The van der Waals surface area contributed by atoms with Crippen LogP contribution < -0.4 is 4.72 Å². The number of sulfonamides is 1. The Balaban J connectivity index is 2.00. The largest absolute Gasteiger partial charge is 0.478 e. The molecule has 0 radical (unpaired) electrons. The van der Waals surface area contributed by atoms with E-state index in [1.807, 2.05) is 0 Å². The molecule has 0 atom stereocenters. The standard InChI is InChI=1S/C13H18N2O5S/c1-20-7-6-13(4-5-13)9-15-21(18,19)11-3-2-10(8-14-11)12(16)17/h2-3,8,15H,4-7,9H2,1H3,(H,16,17). The highest BCUT2D eigenvalue weighted by Gasteiger charge is 2.42. The summed E-state index contributed by atoms with van der Waals surface area (Å²) in [7, 11) is -2.10. The molecule has 1 aromatic rings. The zero-order chi connectivity index (χ0) is 15.5. The highest BCUT2D eigenvalue weighted by atomic mass is 32.2. The first-order valence-electron chi connectivity index (χ1n) is 6.57.